The van der Waals surface area contributed by atoms with Gasteiger partial charge in [-0.1, -0.05) is 116 Å². The standard InChI is InChI=1S/C60H54P4S4/c1-31-23-35(5)53(36(6)24-31)61-57-49(45-15-13-21-65-45)51(59(57)63-55-39(9)27-33(3)28-40(55)10)47-19-17-43(67-47)44-18-20-48(68-44)52-50(46-16-14-22-66-46)58(62-54-37(7)25-32(2)26-38(54)8)60(52)64-56-41(11)29-34(4)30-42(56)12/h13-30H,1-12H3. The topological polar surface area (TPSA) is 0 Å². The van der Waals surface area contributed by atoms with Gasteiger partial charge in [0.15, 0.2) is 0 Å². The van der Waals surface area contributed by atoms with E-state index in [-0.39, 0.29) is 0 Å². The summed E-state index contributed by atoms with van der Waals surface area (Å²) in [6, 6.07) is 37.6. The van der Waals surface area contributed by atoms with Gasteiger partial charge in [-0.3, -0.25) is 0 Å². The third-order valence-corrected chi connectivity index (χ3v) is 23.7. The van der Waals surface area contributed by atoms with Crippen LogP contribution < -0.4 is 21.2 Å². The minimum absolute atomic E-state index is 1.28. The third kappa shape index (κ3) is 8.96. The lowest BCUT2D eigenvalue weighted by molar-refractivity contribution is 1.36. The first kappa shape index (κ1) is 47.5. The highest BCUT2D eigenvalue weighted by Gasteiger charge is 2.25. The van der Waals surface area contributed by atoms with Gasteiger partial charge in [-0.25, -0.2) is 0 Å². The molecule has 10 aromatic rings. The third-order valence-electron chi connectivity index (χ3n) is 12.8. The molecule has 10 rings (SSSR count). The average molecular weight is 1030 g/mol. The van der Waals surface area contributed by atoms with E-state index in [0.717, 1.165) is 0 Å². The van der Waals surface area contributed by atoms with Crippen molar-refractivity contribution in [3.05, 3.63) is 194 Å². The van der Waals surface area contributed by atoms with Crippen LogP contribution in [-0.4, -0.2) is 0 Å². The van der Waals surface area contributed by atoms with Gasteiger partial charge in [0.05, 0.1) is 0 Å². The minimum Gasteiger partial charge on any atom is -0.144 e. The Kier molecular flexibility index (Phi) is 13.4. The highest BCUT2D eigenvalue weighted by Crippen LogP contribution is 2.52. The van der Waals surface area contributed by atoms with Crippen LogP contribution in [0.5, 0.6) is 0 Å². The fourth-order valence-electron chi connectivity index (χ4n) is 10.1. The van der Waals surface area contributed by atoms with Crippen molar-refractivity contribution in [3.8, 4) is 51.5 Å². The van der Waals surface area contributed by atoms with E-state index >= 15 is 0 Å². The molecule has 0 atom stereocenters. The normalized spacial score (nSPS) is 13.1. The zero-order chi connectivity index (χ0) is 47.7. The van der Waals surface area contributed by atoms with E-state index in [1.165, 1.54) is 192 Å². The number of aryl methyl sites for hydroxylation is 12. The van der Waals surface area contributed by atoms with Gasteiger partial charge in [-0.05, 0) is 175 Å². The number of thiophene rings is 4. The van der Waals surface area contributed by atoms with E-state index < -0.39 is 0 Å². The molecule has 0 aliphatic carbocycles. The fourth-order valence-corrected chi connectivity index (χ4v) is 19.9. The summed E-state index contributed by atoms with van der Waals surface area (Å²) in [4.78, 5) is 14.0. The Morgan fingerprint density at radius 2 is 0.515 bits per heavy atom. The van der Waals surface area contributed by atoms with Crippen LogP contribution in [0.15, 0.2) is 108 Å². The molecule has 0 saturated heterocycles. The van der Waals surface area contributed by atoms with Crippen LogP contribution in [0, 0.1) is 103 Å². The minimum atomic E-state index is 1.28. The van der Waals surface area contributed by atoms with E-state index in [2.05, 4.69) is 191 Å². The molecular weight excluding hydrogens is 973 g/mol. The van der Waals surface area contributed by atoms with Gasteiger partial charge in [0.2, 0.25) is 0 Å². The van der Waals surface area contributed by atoms with Crippen molar-refractivity contribution in [1.29, 1.82) is 0 Å². The smallest absolute Gasteiger partial charge is 0.0449 e. The first-order valence-electron chi connectivity index (χ1n) is 23.1. The van der Waals surface area contributed by atoms with Crippen LogP contribution in [0.4, 0.5) is 0 Å². The molecule has 0 amide bonds. The summed E-state index contributed by atoms with van der Waals surface area (Å²) < 4.78 is 0. The molecule has 0 aliphatic heterocycles. The van der Waals surface area contributed by atoms with E-state index in [9.17, 15) is 0 Å². The number of hydrogen-bond donors (Lipinski definition) is 0. The Balaban J connectivity index is 1.17. The lowest BCUT2D eigenvalue weighted by Gasteiger charge is -2.18. The quantitative estimate of drug-likeness (QED) is 0.126. The maximum atomic E-state index is 2.42. The molecule has 0 saturated carbocycles. The molecule has 0 aliphatic rings. The second-order valence-electron chi connectivity index (χ2n) is 18.6. The molecule has 8 heteroatoms. The molecule has 0 fully saturated rings. The van der Waals surface area contributed by atoms with Crippen LogP contribution in [0.1, 0.15) is 66.8 Å². The van der Waals surface area contributed by atoms with E-state index in [1.807, 2.05) is 45.3 Å². The fraction of sp³-hybridized carbons (Fsp3) is 0.200. The number of rotatable bonds is 9. The van der Waals surface area contributed by atoms with Crippen LogP contribution in [-0.2, 0) is 0 Å². The maximum absolute atomic E-state index is 2.42. The molecule has 0 radical (unpaired) electrons. The Labute approximate surface area is 425 Å². The Hall–Kier alpha value is -4.16. The van der Waals surface area contributed by atoms with Crippen LogP contribution >= 0.6 is 78.2 Å². The van der Waals surface area contributed by atoms with Gasteiger partial charge in [0.1, 0.15) is 0 Å². The zero-order valence-electron chi connectivity index (χ0n) is 40.8. The predicted octanol–water partition coefficient (Wildman–Crippen LogP) is 18.9. The van der Waals surface area contributed by atoms with Crippen LogP contribution in [0.25, 0.3) is 51.5 Å². The Morgan fingerprint density at radius 1 is 0.279 bits per heavy atom. The molecule has 0 N–H and O–H groups in total. The van der Waals surface area contributed by atoms with Gasteiger partial charge < -0.3 is 0 Å². The highest BCUT2D eigenvalue weighted by atomic mass is 32.1. The second-order valence-corrected chi connectivity index (χ2v) is 27.1. The summed E-state index contributed by atoms with van der Waals surface area (Å²) in [6.07, 6.45) is 0. The molecule has 338 valence electrons. The van der Waals surface area contributed by atoms with Gasteiger partial charge in [0.25, 0.3) is 0 Å². The van der Waals surface area contributed by atoms with Gasteiger partial charge in [-0.2, -0.15) is 0 Å². The molecule has 0 bridgehead atoms. The van der Waals surface area contributed by atoms with E-state index in [1.54, 1.807) is 0 Å². The van der Waals surface area contributed by atoms with Crippen molar-refractivity contribution in [2.45, 2.75) is 83.1 Å². The predicted molar refractivity (Wildman–Crippen MR) is 312 cm³/mol. The van der Waals surface area contributed by atoms with Crippen molar-refractivity contribution in [2.24, 2.45) is 0 Å². The largest absolute Gasteiger partial charge is 0.144 e. The summed E-state index contributed by atoms with van der Waals surface area (Å²) in [5.74, 6) is 0. The molecule has 4 heterocycles. The molecule has 4 aromatic heterocycles. The van der Waals surface area contributed by atoms with Crippen LogP contribution in [0.3, 0.4) is 0 Å². The van der Waals surface area contributed by atoms with Crippen molar-refractivity contribution in [1.82, 2.24) is 0 Å². The Morgan fingerprint density at radius 3 is 0.750 bits per heavy atom. The molecular formula is C60H54P4S4. The van der Waals surface area contributed by atoms with Crippen LogP contribution in [0.2, 0.25) is 0 Å². The second kappa shape index (κ2) is 19.2. The Bertz CT molecular complexity index is 3460. The first-order chi connectivity index (χ1) is 32.6. The molecule has 0 nitrogen and oxygen atoms in total. The van der Waals surface area contributed by atoms with Crippen molar-refractivity contribution < 1.29 is 0 Å². The van der Waals surface area contributed by atoms with Gasteiger partial charge in [-0.15, -0.1) is 45.3 Å². The molecule has 6 aromatic carbocycles. The van der Waals surface area contributed by atoms with Crippen molar-refractivity contribution in [2.75, 3.05) is 0 Å². The molecule has 68 heavy (non-hydrogen) atoms. The maximum Gasteiger partial charge on any atom is 0.0449 e. The summed E-state index contributed by atoms with van der Waals surface area (Å²) in [5, 5.41) is 10.2. The highest BCUT2D eigenvalue weighted by molar-refractivity contribution is 7.43. The number of hydrogen-bond acceptors (Lipinski definition) is 4. The molecule has 0 unspecified atom stereocenters. The van der Waals surface area contributed by atoms with Gasteiger partial charge >= 0.3 is 0 Å². The lowest BCUT2D eigenvalue weighted by Crippen LogP contribution is -2.06. The average Bonchev–Trinajstić information content (AvgIpc) is 4.11. The van der Waals surface area contributed by atoms with E-state index in [4.69, 9.17) is 0 Å². The summed E-state index contributed by atoms with van der Waals surface area (Å²) in [6.45, 7) is 27.2. The van der Waals surface area contributed by atoms with Crippen molar-refractivity contribution in [3.63, 3.8) is 0 Å². The summed E-state index contributed by atoms with van der Waals surface area (Å²) >= 11 is 7.66. The summed E-state index contributed by atoms with van der Waals surface area (Å²) in [5.41, 5.74) is 22.0. The number of benzene rings is 4. The monoisotopic (exact) mass is 1030 g/mol. The SMILES string of the molecule is Cc1cc(C)c(P=c2c(-c3cccs3)c(-c3ccc(-c4ccc(-c5c(-c6cccs6)c(=Pc6c(C)cc(C)cc6C)c5=Pc5c(C)cc(C)cc5C)s4)s3)c2=Pc2c(C)cc(C)cc2C)c(C)c1. The molecule has 0 spiro atoms. The summed E-state index contributed by atoms with van der Waals surface area (Å²) in [7, 11) is 5.14. The first-order valence-corrected chi connectivity index (χ1v) is 30.1. The zero-order valence-corrected chi connectivity index (χ0v) is 47.7. The van der Waals surface area contributed by atoms with E-state index in [0.29, 0.717) is 0 Å². The lowest BCUT2D eigenvalue weighted by atomic mass is 9.99. The van der Waals surface area contributed by atoms with Gasteiger partial charge in [0, 0.05) is 92.5 Å². The van der Waals surface area contributed by atoms with Crippen molar-refractivity contribution >= 4 is 99.4 Å².